The second-order valence-electron chi connectivity index (χ2n) is 7.72. The molecule has 1 fully saturated rings. The Morgan fingerprint density at radius 2 is 2.04 bits per heavy atom. The highest BCUT2D eigenvalue weighted by atomic mass is 16.6. The van der Waals surface area contributed by atoms with Gasteiger partial charge < -0.3 is 9.47 Å². The van der Waals surface area contributed by atoms with Crippen LogP contribution in [0.15, 0.2) is 34.4 Å². The molecule has 5 atom stereocenters. The highest BCUT2D eigenvalue weighted by molar-refractivity contribution is 6.09. The van der Waals surface area contributed by atoms with Crippen LogP contribution in [-0.4, -0.2) is 29.9 Å². The van der Waals surface area contributed by atoms with Crippen LogP contribution >= 0.6 is 0 Å². The molecule has 0 unspecified atom stereocenters. The van der Waals surface area contributed by atoms with Gasteiger partial charge in [-0.3, -0.25) is 9.59 Å². The number of carbonyl (C=O) groups excluding carboxylic acids is 3. The Labute approximate surface area is 154 Å². The lowest BCUT2D eigenvalue weighted by Gasteiger charge is -2.29. The first-order valence-corrected chi connectivity index (χ1v) is 9.25. The third kappa shape index (κ3) is 3.04. The fourth-order valence-corrected chi connectivity index (χ4v) is 4.39. The maximum absolute atomic E-state index is 12.5. The van der Waals surface area contributed by atoms with E-state index >= 15 is 0 Å². The van der Waals surface area contributed by atoms with Gasteiger partial charge in [-0.25, -0.2) is 4.79 Å². The van der Waals surface area contributed by atoms with Crippen LogP contribution in [0.4, 0.5) is 0 Å². The van der Waals surface area contributed by atoms with Gasteiger partial charge in [-0.05, 0) is 33.3 Å². The Balaban J connectivity index is 1.98. The number of hydrogen-bond acceptors (Lipinski definition) is 5. The standard InChI is InChI=1S/C21H26O5/c1-6-10(2)7-16(23)25-15-9-12(4)17-14(22)8-11(3)18(17)20-19(15)13(5)21(24)26-20/h7-8,13,15,18-20H,6,9H2,1-5H3/b10-7+/t13-,15-,18+,19+,20+/m1/s1. The summed E-state index contributed by atoms with van der Waals surface area (Å²) >= 11 is 0. The highest BCUT2D eigenvalue weighted by Gasteiger charge is 2.55. The van der Waals surface area contributed by atoms with Crippen molar-refractivity contribution >= 4 is 17.7 Å². The molecule has 0 aromatic carbocycles. The Morgan fingerprint density at radius 1 is 1.35 bits per heavy atom. The molecular weight excluding hydrogens is 332 g/mol. The summed E-state index contributed by atoms with van der Waals surface area (Å²) in [6.45, 7) is 9.48. The lowest BCUT2D eigenvalue weighted by Crippen LogP contribution is -2.37. The van der Waals surface area contributed by atoms with Crippen LogP contribution in [0.2, 0.25) is 0 Å². The van der Waals surface area contributed by atoms with Crippen molar-refractivity contribution < 1.29 is 23.9 Å². The minimum absolute atomic E-state index is 0.0203. The molecule has 1 heterocycles. The van der Waals surface area contributed by atoms with Crippen molar-refractivity contribution in [3.8, 4) is 0 Å². The summed E-state index contributed by atoms with van der Waals surface area (Å²) in [7, 11) is 0. The Kier molecular flexibility index (Phi) is 4.91. The van der Waals surface area contributed by atoms with Crippen LogP contribution < -0.4 is 0 Å². The lowest BCUT2D eigenvalue weighted by molar-refractivity contribution is -0.147. The second kappa shape index (κ2) is 6.86. The van der Waals surface area contributed by atoms with Crippen molar-refractivity contribution in [1.82, 2.24) is 0 Å². The monoisotopic (exact) mass is 358 g/mol. The van der Waals surface area contributed by atoms with Crippen molar-refractivity contribution in [1.29, 1.82) is 0 Å². The van der Waals surface area contributed by atoms with E-state index in [0.717, 1.165) is 23.1 Å². The first kappa shape index (κ1) is 18.6. The summed E-state index contributed by atoms with van der Waals surface area (Å²) in [6.07, 6.45) is 3.42. The summed E-state index contributed by atoms with van der Waals surface area (Å²) in [6, 6.07) is 0. The van der Waals surface area contributed by atoms with E-state index in [4.69, 9.17) is 9.47 Å². The van der Waals surface area contributed by atoms with Gasteiger partial charge in [-0.15, -0.1) is 0 Å². The molecule has 0 saturated carbocycles. The van der Waals surface area contributed by atoms with Crippen LogP contribution in [0, 0.1) is 17.8 Å². The number of ketones is 1. The normalized spacial score (nSPS) is 34.1. The summed E-state index contributed by atoms with van der Waals surface area (Å²) in [5.74, 6) is -1.56. The van der Waals surface area contributed by atoms with E-state index in [2.05, 4.69) is 0 Å². The quantitative estimate of drug-likeness (QED) is 0.572. The third-order valence-corrected chi connectivity index (χ3v) is 5.92. The molecule has 3 aliphatic rings. The van der Waals surface area contributed by atoms with E-state index < -0.39 is 18.2 Å². The number of ether oxygens (including phenoxy) is 2. The van der Waals surface area contributed by atoms with Gasteiger partial charge in [0.25, 0.3) is 0 Å². The second-order valence-corrected chi connectivity index (χ2v) is 7.72. The average molecular weight is 358 g/mol. The number of esters is 2. The molecule has 0 N–H and O–H groups in total. The molecule has 0 radical (unpaired) electrons. The Hall–Kier alpha value is -2.17. The van der Waals surface area contributed by atoms with Gasteiger partial charge >= 0.3 is 11.9 Å². The van der Waals surface area contributed by atoms with Crippen LogP contribution in [0.1, 0.15) is 47.5 Å². The van der Waals surface area contributed by atoms with Crippen molar-refractivity contribution in [2.45, 2.75) is 59.7 Å². The van der Waals surface area contributed by atoms with E-state index in [9.17, 15) is 14.4 Å². The molecule has 1 saturated heterocycles. The van der Waals surface area contributed by atoms with Gasteiger partial charge in [0.1, 0.15) is 12.2 Å². The third-order valence-electron chi connectivity index (χ3n) is 5.92. The molecule has 2 aliphatic carbocycles. The maximum Gasteiger partial charge on any atom is 0.330 e. The van der Waals surface area contributed by atoms with Gasteiger partial charge in [0.15, 0.2) is 5.78 Å². The molecular formula is C21H26O5. The summed E-state index contributed by atoms with van der Waals surface area (Å²) in [5.41, 5.74) is 3.47. The molecule has 0 amide bonds. The fraction of sp³-hybridized carbons (Fsp3) is 0.571. The topological polar surface area (TPSA) is 69.7 Å². The van der Waals surface area contributed by atoms with Gasteiger partial charge in [-0.1, -0.05) is 30.6 Å². The van der Waals surface area contributed by atoms with Crippen LogP contribution in [0.25, 0.3) is 0 Å². The minimum Gasteiger partial charge on any atom is -0.461 e. The zero-order chi connectivity index (χ0) is 19.2. The number of rotatable bonds is 3. The highest BCUT2D eigenvalue weighted by Crippen LogP contribution is 2.48. The van der Waals surface area contributed by atoms with Crippen molar-refractivity contribution in [3.63, 3.8) is 0 Å². The molecule has 0 aromatic rings. The van der Waals surface area contributed by atoms with Gasteiger partial charge in [0, 0.05) is 29.9 Å². The Morgan fingerprint density at radius 3 is 2.69 bits per heavy atom. The molecule has 1 aliphatic heterocycles. The predicted molar refractivity (Wildman–Crippen MR) is 96.0 cm³/mol. The maximum atomic E-state index is 12.5. The fourth-order valence-electron chi connectivity index (χ4n) is 4.39. The van der Waals surface area contributed by atoms with Crippen molar-refractivity contribution in [2.75, 3.05) is 0 Å². The SMILES string of the molecule is CC/C(C)=C/C(=O)O[C@@H]1CC(C)=C2C(=O)C=C(C)[C@@H]2[C@@H]2OC(=O)[C@H](C)[C@H]21. The van der Waals surface area contributed by atoms with Crippen LogP contribution in [0.5, 0.6) is 0 Å². The number of carbonyl (C=O) groups is 3. The van der Waals surface area contributed by atoms with Crippen molar-refractivity contribution in [2.24, 2.45) is 17.8 Å². The molecule has 3 rings (SSSR count). The van der Waals surface area contributed by atoms with E-state index in [1.54, 1.807) is 6.08 Å². The number of hydrogen-bond donors (Lipinski definition) is 0. The van der Waals surface area contributed by atoms with Gasteiger partial charge in [-0.2, -0.15) is 0 Å². The molecule has 0 spiro atoms. The van der Waals surface area contributed by atoms with E-state index in [1.165, 1.54) is 6.08 Å². The van der Waals surface area contributed by atoms with Crippen LogP contribution in [-0.2, 0) is 23.9 Å². The van der Waals surface area contributed by atoms with E-state index in [0.29, 0.717) is 12.0 Å². The molecule has 140 valence electrons. The average Bonchev–Trinajstić information content (AvgIpc) is 2.97. The zero-order valence-electron chi connectivity index (χ0n) is 16.0. The van der Waals surface area contributed by atoms with Crippen molar-refractivity contribution in [3.05, 3.63) is 34.4 Å². The smallest absolute Gasteiger partial charge is 0.330 e. The lowest BCUT2D eigenvalue weighted by atomic mass is 9.79. The van der Waals surface area contributed by atoms with E-state index in [-0.39, 0.29) is 29.5 Å². The minimum atomic E-state index is -0.478. The molecule has 0 bridgehead atoms. The Bertz CT molecular complexity index is 754. The van der Waals surface area contributed by atoms with Crippen LogP contribution in [0.3, 0.4) is 0 Å². The molecule has 5 heteroatoms. The molecule has 0 aromatic heterocycles. The molecule has 26 heavy (non-hydrogen) atoms. The zero-order valence-corrected chi connectivity index (χ0v) is 16.0. The predicted octanol–water partition coefficient (Wildman–Crippen LogP) is 3.30. The summed E-state index contributed by atoms with van der Waals surface area (Å²) in [4.78, 5) is 37.1. The summed E-state index contributed by atoms with van der Waals surface area (Å²) in [5, 5.41) is 0. The first-order valence-electron chi connectivity index (χ1n) is 9.25. The molecule has 5 nitrogen and oxygen atoms in total. The van der Waals surface area contributed by atoms with Gasteiger partial charge in [0.05, 0.1) is 5.92 Å². The number of fused-ring (bicyclic) bond motifs is 3. The number of allylic oxidation sites excluding steroid dienone is 2. The van der Waals surface area contributed by atoms with Gasteiger partial charge in [0.2, 0.25) is 0 Å². The largest absolute Gasteiger partial charge is 0.461 e. The first-order chi connectivity index (χ1) is 12.2. The van der Waals surface area contributed by atoms with E-state index in [1.807, 2.05) is 34.6 Å². The summed E-state index contributed by atoms with van der Waals surface area (Å²) < 4.78 is 11.4.